The molecule has 1 atom stereocenters. The summed E-state index contributed by atoms with van der Waals surface area (Å²) in [5.74, 6) is -1.33. The maximum atomic E-state index is 11.8. The minimum absolute atomic E-state index is 0.139. The van der Waals surface area contributed by atoms with Crippen LogP contribution in [-0.2, 0) is 9.59 Å². The smallest absolute Gasteiger partial charge is 0.288 e. The van der Waals surface area contributed by atoms with Crippen molar-refractivity contribution in [2.24, 2.45) is 16.1 Å². The number of anilines is 1. The number of hydrogen-bond donors (Lipinski definition) is 2. The number of rotatable bonds is 4. The minimum atomic E-state index is -0.556. The highest BCUT2D eigenvalue weighted by atomic mass is 16.2. The van der Waals surface area contributed by atoms with E-state index in [9.17, 15) is 9.59 Å². The summed E-state index contributed by atoms with van der Waals surface area (Å²) in [7, 11) is 3.92. The maximum Gasteiger partial charge on any atom is 0.288 e. The zero-order valence-corrected chi connectivity index (χ0v) is 12.1. The first kappa shape index (κ1) is 14.7. The summed E-state index contributed by atoms with van der Waals surface area (Å²) in [4.78, 5) is 25.0. The minimum Gasteiger partial charge on any atom is -0.378 e. The van der Waals surface area contributed by atoms with Gasteiger partial charge in [0.1, 0.15) is 5.71 Å². The lowest BCUT2D eigenvalue weighted by atomic mass is 10.1. The summed E-state index contributed by atoms with van der Waals surface area (Å²) in [6, 6.07) is 7.70. The topological polar surface area (TPSA) is 86.2 Å². The summed E-state index contributed by atoms with van der Waals surface area (Å²) in [5, 5.41) is 7.54. The summed E-state index contributed by atoms with van der Waals surface area (Å²) < 4.78 is 0. The van der Waals surface area contributed by atoms with Crippen LogP contribution < -0.4 is 15.8 Å². The van der Waals surface area contributed by atoms with E-state index in [1.807, 2.05) is 43.3 Å². The molecule has 1 aromatic rings. The molecule has 2 N–H and O–H groups in total. The molecule has 0 aliphatic carbocycles. The fraction of sp³-hybridized carbons (Fsp3) is 0.286. The predicted octanol–water partition coefficient (Wildman–Crippen LogP) is 0.325. The molecule has 1 aliphatic rings. The number of carbonyl (C=O) groups excluding carboxylic acids is 2. The Bertz CT molecular complexity index is 604. The van der Waals surface area contributed by atoms with Gasteiger partial charge in [0.15, 0.2) is 0 Å². The molecule has 110 valence electrons. The molecule has 0 fully saturated rings. The molecule has 7 nitrogen and oxygen atoms in total. The van der Waals surface area contributed by atoms with Crippen molar-refractivity contribution in [3.8, 4) is 0 Å². The largest absolute Gasteiger partial charge is 0.378 e. The van der Waals surface area contributed by atoms with Gasteiger partial charge in [0, 0.05) is 19.8 Å². The highest BCUT2D eigenvalue weighted by Gasteiger charge is 2.30. The quantitative estimate of drug-likeness (QED) is 0.618. The molecule has 1 heterocycles. The van der Waals surface area contributed by atoms with Crippen LogP contribution in [0.15, 0.2) is 34.5 Å². The van der Waals surface area contributed by atoms with Crippen molar-refractivity contribution in [1.29, 1.82) is 0 Å². The second-order valence-corrected chi connectivity index (χ2v) is 4.88. The third-order valence-corrected chi connectivity index (χ3v) is 3.11. The highest BCUT2D eigenvalue weighted by molar-refractivity contribution is 6.44. The lowest BCUT2D eigenvalue weighted by molar-refractivity contribution is -0.122. The highest BCUT2D eigenvalue weighted by Crippen LogP contribution is 2.11. The maximum absolute atomic E-state index is 11.8. The van der Waals surface area contributed by atoms with Crippen LogP contribution in [-0.4, -0.2) is 37.8 Å². The Morgan fingerprint density at radius 2 is 2.05 bits per heavy atom. The molecule has 0 spiro atoms. The van der Waals surface area contributed by atoms with Gasteiger partial charge in [-0.25, -0.2) is 10.9 Å². The molecule has 2 rings (SSSR count). The first-order valence-corrected chi connectivity index (χ1v) is 6.47. The van der Waals surface area contributed by atoms with E-state index in [0.717, 1.165) is 11.3 Å². The molecule has 0 unspecified atom stereocenters. The van der Waals surface area contributed by atoms with Crippen molar-refractivity contribution in [3.63, 3.8) is 0 Å². The number of carbonyl (C=O) groups is 2. The Morgan fingerprint density at radius 1 is 1.38 bits per heavy atom. The fourth-order valence-corrected chi connectivity index (χ4v) is 1.76. The van der Waals surface area contributed by atoms with Gasteiger partial charge in [0.05, 0.1) is 12.1 Å². The van der Waals surface area contributed by atoms with E-state index >= 15 is 0 Å². The molecule has 1 aromatic carbocycles. The van der Waals surface area contributed by atoms with Crippen molar-refractivity contribution < 1.29 is 9.59 Å². The average molecular weight is 287 g/mol. The second-order valence-electron chi connectivity index (χ2n) is 4.88. The molecule has 0 aromatic heterocycles. The molecular weight excluding hydrogens is 270 g/mol. The normalized spacial score (nSPS) is 17.6. The van der Waals surface area contributed by atoms with Gasteiger partial charge in [0.2, 0.25) is 5.91 Å². The van der Waals surface area contributed by atoms with Crippen LogP contribution in [0.3, 0.4) is 0 Å². The molecule has 0 radical (unpaired) electrons. The summed E-state index contributed by atoms with van der Waals surface area (Å²) in [6.07, 6.45) is 1.53. The third-order valence-electron chi connectivity index (χ3n) is 3.11. The van der Waals surface area contributed by atoms with Crippen molar-refractivity contribution in [3.05, 3.63) is 29.8 Å². The van der Waals surface area contributed by atoms with Crippen LogP contribution in [0.4, 0.5) is 5.69 Å². The average Bonchev–Trinajstić information content (AvgIpc) is 2.79. The third kappa shape index (κ3) is 3.44. The lowest BCUT2D eigenvalue weighted by Gasteiger charge is -2.11. The summed E-state index contributed by atoms with van der Waals surface area (Å²) in [6.45, 7) is 1.62. The summed E-state index contributed by atoms with van der Waals surface area (Å²) >= 11 is 0. The van der Waals surface area contributed by atoms with E-state index in [2.05, 4.69) is 21.1 Å². The first-order valence-electron chi connectivity index (χ1n) is 6.47. The molecule has 0 saturated carbocycles. The Kier molecular flexibility index (Phi) is 4.32. The van der Waals surface area contributed by atoms with Gasteiger partial charge in [-0.2, -0.15) is 10.2 Å². The van der Waals surface area contributed by atoms with E-state index in [4.69, 9.17) is 0 Å². The van der Waals surface area contributed by atoms with Gasteiger partial charge >= 0.3 is 0 Å². The molecule has 7 heteroatoms. The van der Waals surface area contributed by atoms with E-state index in [1.165, 1.54) is 6.21 Å². The Balaban J connectivity index is 1.93. The van der Waals surface area contributed by atoms with Crippen LogP contribution in [0, 0.1) is 5.92 Å². The fourth-order valence-electron chi connectivity index (χ4n) is 1.76. The number of nitrogens with one attached hydrogen (secondary N) is 2. The Morgan fingerprint density at radius 3 is 2.57 bits per heavy atom. The molecule has 0 saturated heterocycles. The van der Waals surface area contributed by atoms with Crippen LogP contribution in [0.2, 0.25) is 0 Å². The molecular formula is C14H17N5O2. The van der Waals surface area contributed by atoms with E-state index in [1.54, 1.807) is 6.92 Å². The number of benzene rings is 1. The number of amides is 2. The standard InChI is InChI=1S/C14H17N5O2/c1-9-12(16-18-13(9)20)14(21)17-15-8-10-4-6-11(7-5-10)19(2)3/h4-9H,1-3H3,(H,17,21)(H,18,20)/b15-8+/t9-/m0/s1. The number of nitrogens with zero attached hydrogens (tertiary/aromatic N) is 3. The Hall–Kier alpha value is -2.70. The molecule has 21 heavy (non-hydrogen) atoms. The molecule has 1 aliphatic heterocycles. The SMILES string of the molecule is C[C@@H]1C(=O)NN=C1C(=O)N/N=C/c1ccc(N(C)C)cc1. The van der Waals surface area contributed by atoms with Crippen molar-refractivity contribution in [2.45, 2.75) is 6.92 Å². The number of hydrogen-bond acceptors (Lipinski definition) is 5. The van der Waals surface area contributed by atoms with Crippen LogP contribution in [0.25, 0.3) is 0 Å². The first-order chi connectivity index (χ1) is 9.99. The second kappa shape index (κ2) is 6.17. The summed E-state index contributed by atoms with van der Waals surface area (Å²) in [5.41, 5.74) is 6.69. The Labute approximate surface area is 122 Å². The van der Waals surface area contributed by atoms with Crippen LogP contribution in [0.1, 0.15) is 12.5 Å². The van der Waals surface area contributed by atoms with Crippen LogP contribution in [0.5, 0.6) is 0 Å². The van der Waals surface area contributed by atoms with Crippen molar-refractivity contribution in [2.75, 3.05) is 19.0 Å². The van der Waals surface area contributed by atoms with E-state index < -0.39 is 11.8 Å². The van der Waals surface area contributed by atoms with Gasteiger partial charge in [-0.15, -0.1) is 0 Å². The van der Waals surface area contributed by atoms with Gasteiger partial charge in [-0.1, -0.05) is 12.1 Å². The molecule has 2 amide bonds. The zero-order valence-electron chi connectivity index (χ0n) is 12.1. The van der Waals surface area contributed by atoms with Gasteiger partial charge in [-0.05, 0) is 24.6 Å². The number of hydrazone groups is 2. The predicted molar refractivity (Wildman–Crippen MR) is 81.2 cm³/mol. The molecule has 0 bridgehead atoms. The van der Waals surface area contributed by atoms with E-state index in [-0.39, 0.29) is 11.6 Å². The monoisotopic (exact) mass is 287 g/mol. The van der Waals surface area contributed by atoms with Gasteiger partial charge in [-0.3, -0.25) is 9.59 Å². The van der Waals surface area contributed by atoms with Crippen LogP contribution >= 0.6 is 0 Å². The van der Waals surface area contributed by atoms with Gasteiger partial charge in [0.25, 0.3) is 5.91 Å². The zero-order chi connectivity index (χ0) is 15.4. The van der Waals surface area contributed by atoms with Gasteiger partial charge < -0.3 is 4.90 Å². The van der Waals surface area contributed by atoms with Crippen molar-refractivity contribution in [1.82, 2.24) is 10.9 Å². The lowest BCUT2D eigenvalue weighted by Crippen LogP contribution is -2.32. The van der Waals surface area contributed by atoms with E-state index in [0.29, 0.717) is 0 Å². The van der Waals surface area contributed by atoms with Crippen molar-refractivity contribution >= 4 is 29.4 Å².